The Hall–Kier alpha value is -3.13. The lowest BCUT2D eigenvalue weighted by atomic mass is 10.1. The molecule has 0 spiro atoms. The van der Waals surface area contributed by atoms with E-state index < -0.39 is 0 Å². The minimum absolute atomic E-state index is 0. The molecule has 0 bridgehead atoms. The molecular weight excluding hydrogens is 402 g/mol. The fourth-order valence-electron chi connectivity index (χ4n) is 2.95. The van der Waals surface area contributed by atoms with Crippen molar-refractivity contribution in [2.75, 3.05) is 12.3 Å². The number of nitrogen functional groups attached to an aromatic ring is 1. The van der Waals surface area contributed by atoms with E-state index in [-0.39, 0.29) is 18.3 Å². The first-order valence-electron chi connectivity index (χ1n) is 9.88. The Balaban J connectivity index is 0.00000320. The van der Waals surface area contributed by atoms with Gasteiger partial charge < -0.3 is 16.0 Å². The number of nitrogens with one attached hydrogen (secondary N) is 2. The van der Waals surface area contributed by atoms with Crippen LogP contribution in [-0.2, 0) is 24.2 Å². The van der Waals surface area contributed by atoms with E-state index in [4.69, 9.17) is 5.73 Å². The summed E-state index contributed by atoms with van der Waals surface area (Å²) >= 11 is 0. The average Bonchev–Trinajstić information content (AvgIpc) is 3.36. The lowest BCUT2D eigenvalue weighted by Crippen LogP contribution is -2.25. The Morgan fingerprint density at radius 1 is 1.17 bits per heavy atom. The van der Waals surface area contributed by atoms with E-state index >= 15 is 0 Å². The molecule has 0 fully saturated rings. The number of unbranched alkanes of at least 4 members (excludes halogenated alkanes) is 2. The standard InChI is InChI=1S/C21H27N7O.ClH/c22-21-24-15-18(25-21)9-5-2-6-10-19-16-28(27-26-19)14-13-23-20(29)12-11-17-7-3-1-4-8-17;/h1,3-4,7-8,11-12,15-16H,2,5-6,9-10,13-14H2,(H,23,29)(H3,22,24,25);1H/b12-11+;. The number of aromatic nitrogens is 5. The highest BCUT2D eigenvalue weighted by molar-refractivity contribution is 5.91. The zero-order chi connectivity index (χ0) is 20.3. The number of nitrogens with zero attached hydrogens (tertiary/aromatic N) is 4. The molecule has 3 rings (SSSR count). The van der Waals surface area contributed by atoms with Crippen molar-refractivity contribution in [3.05, 3.63) is 65.8 Å². The predicted molar refractivity (Wildman–Crippen MR) is 120 cm³/mol. The van der Waals surface area contributed by atoms with E-state index in [9.17, 15) is 4.79 Å². The molecule has 0 saturated carbocycles. The van der Waals surface area contributed by atoms with Gasteiger partial charge in [-0.2, -0.15) is 0 Å². The van der Waals surface area contributed by atoms with Crippen molar-refractivity contribution in [1.82, 2.24) is 30.3 Å². The molecule has 1 amide bonds. The molecular formula is C21H28ClN7O. The predicted octanol–water partition coefficient (Wildman–Crippen LogP) is 2.79. The molecule has 4 N–H and O–H groups in total. The van der Waals surface area contributed by atoms with Crippen LogP contribution in [0, 0.1) is 0 Å². The number of rotatable bonds is 11. The van der Waals surface area contributed by atoms with Gasteiger partial charge in [-0.05, 0) is 37.3 Å². The second-order valence-corrected chi connectivity index (χ2v) is 6.86. The molecule has 1 aromatic carbocycles. The minimum atomic E-state index is -0.117. The number of amides is 1. The molecule has 9 heteroatoms. The van der Waals surface area contributed by atoms with Gasteiger partial charge in [0.05, 0.1) is 18.4 Å². The third kappa shape index (κ3) is 8.08. The molecule has 0 aliphatic heterocycles. The third-order valence-electron chi connectivity index (χ3n) is 4.48. The largest absolute Gasteiger partial charge is 0.369 e. The third-order valence-corrected chi connectivity index (χ3v) is 4.48. The van der Waals surface area contributed by atoms with Crippen LogP contribution in [0.2, 0.25) is 0 Å². The minimum Gasteiger partial charge on any atom is -0.369 e. The van der Waals surface area contributed by atoms with Crippen molar-refractivity contribution in [3.8, 4) is 0 Å². The van der Waals surface area contributed by atoms with Gasteiger partial charge in [0, 0.05) is 24.5 Å². The molecule has 8 nitrogen and oxygen atoms in total. The second kappa shape index (κ2) is 12.4. The number of benzene rings is 1. The van der Waals surface area contributed by atoms with Gasteiger partial charge in [-0.15, -0.1) is 17.5 Å². The summed E-state index contributed by atoms with van der Waals surface area (Å²) in [5.74, 6) is 0.355. The summed E-state index contributed by atoms with van der Waals surface area (Å²) in [4.78, 5) is 18.9. The Labute approximate surface area is 182 Å². The monoisotopic (exact) mass is 429 g/mol. The first-order valence-corrected chi connectivity index (χ1v) is 9.88. The van der Waals surface area contributed by atoms with Crippen LogP contribution < -0.4 is 11.1 Å². The molecule has 0 atom stereocenters. The van der Waals surface area contributed by atoms with Crippen LogP contribution in [0.15, 0.2) is 48.8 Å². The van der Waals surface area contributed by atoms with Crippen LogP contribution in [0.5, 0.6) is 0 Å². The van der Waals surface area contributed by atoms with Gasteiger partial charge in [-0.1, -0.05) is 42.0 Å². The number of H-pyrrole nitrogens is 1. The molecule has 0 aliphatic rings. The fraction of sp³-hybridized carbons (Fsp3) is 0.333. The van der Waals surface area contributed by atoms with Crippen LogP contribution in [-0.4, -0.2) is 37.4 Å². The van der Waals surface area contributed by atoms with E-state index in [0.29, 0.717) is 19.0 Å². The van der Waals surface area contributed by atoms with Crippen molar-refractivity contribution in [2.45, 2.75) is 38.6 Å². The Kier molecular flexibility index (Phi) is 9.60. The quantitative estimate of drug-likeness (QED) is 0.320. The van der Waals surface area contributed by atoms with Gasteiger partial charge in [-0.25, -0.2) is 4.98 Å². The zero-order valence-electron chi connectivity index (χ0n) is 16.8. The van der Waals surface area contributed by atoms with Crippen molar-refractivity contribution < 1.29 is 4.79 Å². The summed E-state index contributed by atoms with van der Waals surface area (Å²) in [6.07, 6.45) is 12.2. The number of nitrogens with two attached hydrogens (primary N) is 1. The van der Waals surface area contributed by atoms with Gasteiger partial charge in [0.15, 0.2) is 5.95 Å². The maximum Gasteiger partial charge on any atom is 0.244 e. The van der Waals surface area contributed by atoms with E-state index in [1.54, 1.807) is 23.0 Å². The molecule has 30 heavy (non-hydrogen) atoms. The first-order chi connectivity index (χ1) is 14.2. The number of halogens is 1. The van der Waals surface area contributed by atoms with Gasteiger partial charge in [0.1, 0.15) is 0 Å². The highest BCUT2D eigenvalue weighted by atomic mass is 35.5. The maximum atomic E-state index is 11.9. The number of anilines is 1. The fourth-order valence-corrected chi connectivity index (χ4v) is 2.95. The Bertz CT molecular complexity index is 920. The normalized spacial score (nSPS) is 10.8. The van der Waals surface area contributed by atoms with E-state index in [1.807, 2.05) is 36.5 Å². The summed E-state index contributed by atoms with van der Waals surface area (Å²) < 4.78 is 1.77. The topological polar surface area (TPSA) is 115 Å². The van der Waals surface area contributed by atoms with Gasteiger partial charge in [0.2, 0.25) is 5.91 Å². The number of carbonyl (C=O) groups excluding carboxylic acids is 1. The molecule has 2 heterocycles. The van der Waals surface area contributed by atoms with Crippen molar-refractivity contribution >= 4 is 30.3 Å². The summed E-state index contributed by atoms with van der Waals surface area (Å²) in [5, 5.41) is 11.2. The molecule has 0 radical (unpaired) electrons. The summed E-state index contributed by atoms with van der Waals surface area (Å²) in [7, 11) is 0. The molecule has 160 valence electrons. The van der Waals surface area contributed by atoms with Gasteiger partial charge >= 0.3 is 0 Å². The van der Waals surface area contributed by atoms with Crippen molar-refractivity contribution in [2.24, 2.45) is 0 Å². The number of carbonyl (C=O) groups is 1. The molecule has 0 aliphatic carbocycles. The number of imidazole rings is 1. The molecule has 2 aromatic heterocycles. The average molecular weight is 430 g/mol. The second-order valence-electron chi connectivity index (χ2n) is 6.86. The number of aryl methyl sites for hydroxylation is 2. The number of hydrogen-bond acceptors (Lipinski definition) is 5. The van der Waals surface area contributed by atoms with E-state index in [0.717, 1.165) is 49.1 Å². The van der Waals surface area contributed by atoms with Gasteiger partial charge in [0.25, 0.3) is 0 Å². The lowest BCUT2D eigenvalue weighted by Gasteiger charge is -2.02. The SMILES string of the molecule is Cl.Nc1ncc(CCCCCc2cn(CCNC(=O)/C=C/c3ccccc3)nn2)[nH]1. The summed E-state index contributed by atoms with van der Waals surface area (Å²) in [6.45, 7) is 1.10. The molecule has 0 saturated heterocycles. The zero-order valence-corrected chi connectivity index (χ0v) is 17.6. The van der Waals surface area contributed by atoms with E-state index in [2.05, 4.69) is 25.6 Å². The van der Waals surface area contributed by atoms with Crippen LogP contribution in [0.25, 0.3) is 6.08 Å². The molecule has 0 unspecified atom stereocenters. The summed E-state index contributed by atoms with van der Waals surface area (Å²) in [5.41, 5.74) is 8.62. The van der Waals surface area contributed by atoms with Crippen LogP contribution in [0.1, 0.15) is 36.2 Å². The van der Waals surface area contributed by atoms with Crippen LogP contribution in [0.4, 0.5) is 5.95 Å². The van der Waals surface area contributed by atoms with Crippen molar-refractivity contribution in [1.29, 1.82) is 0 Å². The van der Waals surface area contributed by atoms with E-state index in [1.165, 1.54) is 0 Å². The highest BCUT2D eigenvalue weighted by Gasteiger charge is 2.03. The Morgan fingerprint density at radius 2 is 1.97 bits per heavy atom. The summed E-state index contributed by atoms with van der Waals surface area (Å²) in [6, 6.07) is 9.73. The number of hydrogen-bond donors (Lipinski definition) is 3. The maximum absolute atomic E-state index is 11.9. The highest BCUT2D eigenvalue weighted by Crippen LogP contribution is 2.08. The Morgan fingerprint density at radius 3 is 2.73 bits per heavy atom. The smallest absolute Gasteiger partial charge is 0.244 e. The molecule has 3 aromatic rings. The van der Waals surface area contributed by atoms with Crippen LogP contribution >= 0.6 is 12.4 Å². The van der Waals surface area contributed by atoms with Gasteiger partial charge in [-0.3, -0.25) is 9.48 Å². The lowest BCUT2D eigenvalue weighted by molar-refractivity contribution is -0.116. The number of aromatic amines is 1. The van der Waals surface area contributed by atoms with Crippen molar-refractivity contribution in [3.63, 3.8) is 0 Å². The van der Waals surface area contributed by atoms with Crippen LogP contribution in [0.3, 0.4) is 0 Å². The first kappa shape index (κ1) is 23.2.